The Bertz CT molecular complexity index is 1140. The highest BCUT2D eigenvalue weighted by Crippen LogP contribution is 2.40. The van der Waals surface area contributed by atoms with Gasteiger partial charge in [0.05, 0.1) is 0 Å². The van der Waals surface area contributed by atoms with Crippen molar-refractivity contribution in [1.82, 2.24) is 20.0 Å². The van der Waals surface area contributed by atoms with Crippen molar-refractivity contribution in [2.24, 2.45) is 0 Å². The van der Waals surface area contributed by atoms with Gasteiger partial charge < -0.3 is 14.6 Å². The normalized spacial score (nSPS) is 19.0. The Balaban J connectivity index is 1.26. The average Bonchev–Trinajstić information content (AvgIpc) is 3.56. The number of rotatable bonds is 6. The predicted molar refractivity (Wildman–Crippen MR) is 128 cm³/mol. The lowest BCUT2D eigenvalue weighted by molar-refractivity contribution is 0.0475. The van der Waals surface area contributed by atoms with Crippen LogP contribution in [-0.2, 0) is 6.54 Å². The van der Waals surface area contributed by atoms with Crippen molar-refractivity contribution in [1.29, 1.82) is 0 Å². The summed E-state index contributed by atoms with van der Waals surface area (Å²) in [5.41, 5.74) is 3.85. The molecule has 0 spiro atoms. The number of anilines is 2. The Morgan fingerprint density at radius 2 is 1.97 bits per heavy atom. The minimum absolute atomic E-state index is 0.0956. The molecular formula is C25H28ClN5O2. The van der Waals surface area contributed by atoms with Gasteiger partial charge in [-0.3, -0.25) is 9.69 Å². The lowest BCUT2D eigenvalue weighted by atomic mass is 10.0. The zero-order chi connectivity index (χ0) is 22.9. The van der Waals surface area contributed by atoms with Crippen molar-refractivity contribution < 1.29 is 9.21 Å². The Labute approximate surface area is 198 Å². The fourth-order valence-electron chi connectivity index (χ4n) is 4.39. The van der Waals surface area contributed by atoms with Gasteiger partial charge in [-0.05, 0) is 62.1 Å². The van der Waals surface area contributed by atoms with Gasteiger partial charge in [-0.1, -0.05) is 34.9 Å². The van der Waals surface area contributed by atoms with Crippen molar-refractivity contribution in [3.05, 3.63) is 70.1 Å². The van der Waals surface area contributed by atoms with Gasteiger partial charge in [0.25, 0.3) is 5.91 Å². The number of carbonyl (C=O) groups is 1. The highest BCUT2D eigenvalue weighted by molar-refractivity contribution is 6.31. The van der Waals surface area contributed by atoms with E-state index >= 15 is 0 Å². The second kappa shape index (κ2) is 9.15. The van der Waals surface area contributed by atoms with E-state index in [4.69, 9.17) is 16.0 Å². The summed E-state index contributed by atoms with van der Waals surface area (Å²) < 4.78 is 5.76. The Morgan fingerprint density at radius 3 is 2.70 bits per heavy atom. The molecule has 2 heterocycles. The Hall–Kier alpha value is -2.90. The number of nitrogens with one attached hydrogen (secondary N) is 1. The molecule has 8 heteroatoms. The van der Waals surface area contributed by atoms with Crippen LogP contribution in [0, 0.1) is 6.92 Å². The van der Waals surface area contributed by atoms with Gasteiger partial charge in [0.1, 0.15) is 0 Å². The van der Waals surface area contributed by atoms with Gasteiger partial charge in [0.2, 0.25) is 5.89 Å². The van der Waals surface area contributed by atoms with Crippen molar-refractivity contribution in [3.8, 4) is 0 Å². The minimum Gasteiger partial charge on any atom is -0.408 e. The topological polar surface area (TPSA) is 74.5 Å². The maximum Gasteiger partial charge on any atom is 0.320 e. The maximum absolute atomic E-state index is 12.9. The molecule has 1 aliphatic carbocycles. The number of nitrogens with zero attached hydrogens (tertiary/aromatic N) is 4. The largest absolute Gasteiger partial charge is 0.408 e. The smallest absolute Gasteiger partial charge is 0.320 e. The molecule has 33 heavy (non-hydrogen) atoms. The zero-order valence-electron chi connectivity index (χ0n) is 18.9. The lowest BCUT2D eigenvalue weighted by Gasteiger charge is -2.40. The highest BCUT2D eigenvalue weighted by atomic mass is 35.5. The Kier molecular flexibility index (Phi) is 6.08. The first kappa shape index (κ1) is 21.9. The van der Waals surface area contributed by atoms with E-state index in [1.165, 1.54) is 0 Å². The molecule has 2 aliphatic rings. The summed E-state index contributed by atoms with van der Waals surface area (Å²) in [4.78, 5) is 17.2. The molecule has 172 valence electrons. The first-order chi connectivity index (χ1) is 16.0. The Morgan fingerprint density at radius 1 is 1.18 bits per heavy atom. The van der Waals surface area contributed by atoms with E-state index in [-0.39, 0.29) is 11.9 Å². The second-order valence-electron chi connectivity index (χ2n) is 9.03. The highest BCUT2D eigenvalue weighted by Gasteiger charge is 2.30. The third kappa shape index (κ3) is 4.89. The van der Waals surface area contributed by atoms with E-state index in [1.54, 1.807) is 0 Å². The third-order valence-electron chi connectivity index (χ3n) is 6.48. The standard InChI is InChI=1S/C25H28ClN5O2/c1-16-14-30(10-11-31(16)24(32)19-6-4-3-5-7-19)15-20-12-21(26)13-22(17(20)2)27-25-29-28-23(33-25)18-8-9-18/h3-7,12-13,16,18H,8-11,14-15H2,1-2H3,(H,27,29)/t16-/m0/s1. The van der Waals surface area contributed by atoms with Gasteiger partial charge >= 0.3 is 6.01 Å². The molecule has 5 rings (SSSR count). The molecule has 1 N–H and O–H groups in total. The summed E-state index contributed by atoms with van der Waals surface area (Å²) in [5.74, 6) is 1.21. The molecular weight excluding hydrogens is 438 g/mol. The van der Waals surface area contributed by atoms with Gasteiger partial charge in [0.15, 0.2) is 0 Å². The number of aromatic nitrogens is 2. The molecule has 0 radical (unpaired) electrons. The van der Waals surface area contributed by atoms with Crippen molar-refractivity contribution in [2.45, 2.75) is 45.2 Å². The molecule has 1 saturated carbocycles. The zero-order valence-corrected chi connectivity index (χ0v) is 19.7. The van der Waals surface area contributed by atoms with Gasteiger partial charge in [-0.15, -0.1) is 5.10 Å². The summed E-state index contributed by atoms with van der Waals surface area (Å²) in [7, 11) is 0. The van der Waals surface area contributed by atoms with Crippen LogP contribution in [-0.4, -0.2) is 51.6 Å². The summed E-state index contributed by atoms with van der Waals surface area (Å²) in [6.07, 6.45) is 2.23. The molecule has 1 amide bonds. The van der Waals surface area contributed by atoms with E-state index in [2.05, 4.69) is 34.3 Å². The van der Waals surface area contributed by atoms with Gasteiger partial charge in [0, 0.05) is 54.4 Å². The van der Waals surface area contributed by atoms with Crippen LogP contribution in [0.5, 0.6) is 0 Å². The molecule has 1 atom stereocenters. The van der Waals surface area contributed by atoms with Crippen LogP contribution in [0.2, 0.25) is 5.02 Å². The van der Waals surface area contributed by atoms with Crippen LogP contribution in [0.3, 0.4) is 0 Å². The molecule has 0 bridgehead atoms. The number of halogens is 1. The van der Waals surface area contributed by atoms with E-state index in [0.29, 0.717) is 29.4 Å². The first-order valence-corrected chi connectivity index (χ1v) is 11.8. The molecule has 0 unspecified atom stereocenters. The molecule has 2 fully saturated rings. The number of hydrogen-bond acceptors (Lipinski definition) is 6. The fourth-order valence-corrected chi connectivity index (χ4v) is 4.63. The second-order valence-corrected chi connectivity index (χ2v) is 9.47. The van der Waals surface area contributed by atoms with Crippen LogP contribution >= 0.6 is 11.6 Å². The van der Waals surface area contributed by atoms with Crippen LogP contribution in [0.15, 0.2) is 46.9 Å². The number of amides is 1. The summed E-state index contributed by atoms with van der Waals surface area (Å²) in [6, 6.07) is 13.9. The van der Waals surface area contributed by atoms with Crippen LogP contribution in [0.25, 0.3) is 0 Å². The van der Waals surface area contributed by atoms with Crippen molar-refractivity contribution in [2.75, 3.05) is 25.0 Å². The first-order valence-electron chi connectivity index (χ1n) is 11.5. The number of carbonyl (C=O) groups excluding carboxylic acids is 1. The minimum atomic E-state index is 0.0956. The third-order valence-corrected chi connectivity index (χ3v) is 6.69. The SMILES string of the molecule is Cc1c(CN2CCN(C(=O)c3ccccc3)[C@@H](C)C2)cc(Cl)cc1Nc1nnc(C2CC2)o1. The van der Waals surface area contributed by atoms with E-state index in [0.717, 1.165) is 54.9 Å². The van der Waals surface area contributed by atoms with Gasteiger partial charge in [-0.25, -0.2) is 0 Å². The predicted octanol–water partition coefficient (Wildman–Crippen LogP) is 5.00. The van der Waals surface area contributed by atoms with Crippen molar-refractivity contribution >= 4 is 29.2 Å². The summed E-state index contributed by atoms with van der Waals surface area (Å²) in [5, 5.41) is 12.2. The number of piperazine rings is 1. The van der Waals surface area contributed by atoms with Crippen molar-refractivity contribution in [3.63, 3.8) is 0 Å². The van der Waals surface area contributed by atoms with E-state index in [9.17, 15) is 4.79 Å². The molecule has 2 aromatic carbocycles. The van der Waals surface area contributed by atoms with Crippen LogP contribution in [0.1, 0.15) is 53.1 Å². The molecule has 1 aliphatic heterocycles. The quantitative estimate of drug-likeness (QED) is 0.552. The van der Waals surface area contributed by atoms with Crippen LogP contribution < -0.4 is 5.32 Å². The summed E-state index contributed by atoms with van der Waals surface area (Å²) >= 11 is 6.45. The number of benzene rings is 2. The van der Waals surface area contributed by atoms with Gasteiger partial charge in [-0.2, -0.15) is 0 Å². The lowest BCUT2D eigenvalue weighted by Crippen LogP contribution is -2.53. The molecule has 1 saturated heterocycles. The number of hydrogen-bond donors (Lipinski definition) is 1. The van der Waals surface area contributed by atoms with E-state index < -0.39 is 0 Å². The monoisotopic (exact) mass is 465 g/mol. The molecule has 7 nitrogen and oxygen atoms in total. The average molecular weight is 466 g/mol. The summed E-state index contributed by atoms with van der Waals surface area (Å²) in [6.45, 7) is 7.26. The maximum atomic E-state index is 12.9. The molecule has 3 aromatic rings. The van der Waals surface area contributed by atoms with Crippen LogP contribution in [0.4, 0.5) is 11.7 Å². The fraction of sp³-hybridized carbons (Fsp3) is 0.400. The molecule has 1 aromatic heterocycles. The van der Waals surface area contributed by atoms with E-state index in [1.807, 2.05) is 47.4 Å².